The molecular formula is C23H31NO3. The van der Waals surface area contributed by atoms with Crippen LogP contribution in [0.5, 0.6) is 11.5 Å². The number of methoxy groups -OCH3 is 1. The Balaban J connectivity index is 2.12. The van der Waals surface area contributed by atoms with Gasteiger partial charge in [-0.15, -0.1) is 0 Å². The van der Waals surface area contributed by atoms with Gasteiger partial charge in [0.25, 0.3) is 5.91 Å². The Morgan fingerprint density at radius 3 is 2.44 bits per heavy atom. The van der Waals surface area contributed by atoms with E-state index in [1.54, 1.807) is 13.2 Å². The molecule has 0 atom stereocenters. The van der Waals surface area contributed by atoms with Crippen LogP contribution in [0.15, 0.2) is 42.5 Å². The first-order valence-electron chi connectivity index (χ1n) is 9.59. The molecule has 0 aliphatic carbocycles. The molecule has 2 aromatic carbocycles. The van der Waals surface area contributed by atoms with E-state index in [-0.39, 0.29) is 5.91 Å². The summed E-state index contributed by atoms with van der Waals surface area (Å²) in [5.74, 6) is 2.45. The largest absolute Gasteiger partial charge is 0.496 e. The number of rotatable bonds is 9. The van der Waals surface area contributed by atoms with Crippen LogP contribution >= 0.6 is 0 Å². The summed E-state index contributed by atoms with van der Waals surface area (Å²) in [7, 11) is 1.63. The number of hydrogen-bond donors (Lipinski definition) is 1. The van der Waals surface area contributed by atoms with Gasteiger partial charge in [-0.3, -0.25) is 4.79 Å². The number of carbonyl (C=O) groups excluding carboxylic acids is 1. The van der Waals surface area contributed by atoms with E-state index in [9.17, 15) is 4.79 Å². The van der Waals surface area contributed by atoms with Crippen molar-refractivity contribution < 1.29 is 14.3 Å². The van der Waals surface area contributed by atoms with Crippen molar-refractivity contribution in [1.29, 1.82) is 0 Å². The van der Waals surface area contributed by atoms with E-state index in [0.29, 0.717) is 30.6 Å². The fourth-order valence-corrected chi connectivity index (χ4v) is 2.85. The molecule has 0 saturated heterocycles. The molecular weight excluding hydrogens is 338 g/mol. The minimum absolute atomic E-state index is 0.0675. The van der Waals surface area contributed by atoms with Gasteiger partial charge in [-0.2, -0.15) is 0 Å². The maximum Gasteiger partial charge on any atom is 0.251 e. The average molecular weight is 370 g/mol. The monoisotopic (exact) mass is 369 g/mol. The number of nitrogens with one attached hydrogen (secondary N) is 1. The first-order valence-corrected chi connectivity index (χ1v) is 9.59. The van der Waals surface area contributed by atoms with Crippen molar-refractivity contribution in [1.82, 2.24) is 5.32 Å². The van der Waals surface area contributed by atoms with Crippen molar-refractivity contribution in [2.75, 3.05) is 13.7 Å². The molecule has 0 heterocycles. The molecule has 0 aromatic heterocycles. The summed E-state index contributed by atoms with van der Waals surface area (Å²) in [6.07, 6.45) is 0.962. The molecule has 0 bridgehead atoms. The Morgan fingerprint density at radius 2 is 1.78 bits per heavy atom. The highest BCUT2D eigenvalue weighted by atomic mass is 16.5. The van der Waals surface area contributed by atoms with Crippen LogP contribution in [0.1, 0.15) is 61.5 Å². The Morgan fingerprint density at radius 1 is 1.04 bits per heavy atom. The number of ether oxygens (including phenoxy) is 2. The fraction of sp³-hybridized carbons (Fsp3) is 0.435. The van der Waals surface area contributed by atoms with Crippen molar-refractivity contribution >= 4 is 5.91 Å². The highest BCUT2D eigenvalue weighted by Crippen LogP contribution is 2.28. The van der Waals surface area contributed by atoms with E-state index in [4.69, 9.17) is 9.47 Å². The average Bonchev–Trinajstić information content (AvgIpc) is 2.65. The second-order valence-corrected chi connectivity index (χ2v) is 7.45. The molecule has 1 N–H and O–H groups in total. The van der Waals surface area contributed by atoms with E-state index in [0.717, 1.165) is 23.5 Å². The third-order valence-corrected chi connectivity index (χ3v) is 4.47. The quantitative estimate of drug-likeness (QED) is 0.663. The van der Waals surface area contributed by atoms with Crippen molar-refractivity contribution in [3.63, 3.8) is 0 Å². The molecule has 2 aromatic rings. The topological polar surface area (TPSA) is 47.6 Å². The van der Waals surface area contributed by atoms with Gasteiger partial charge in [0, 0.05) is 17.7 Å². The summed E-state index contributed by atoms with van der Waals surface area (Å²) in [5, 5.41) is 2.97. The molecule has 0 aliphatic heterocycles. The molecule has 4 heteroatoms. The summed E-state index contributed by atoms with van der Waals surface area (Å²) >= 11 is 0. The molecule has 0 spiro atoms. The van der Waals surface area contributed by atoms with E-state index in [1.807, 2.05) is 30.3 Å². The van der Waals surface area contributed by atoms with E-state index >= 15 is 0 Å². The molecule has 27 heavy (non-hydrogen) atoms. The Bertz CT molecular complexity index is 753. The lowest BCUT2D eigenvalue weighted by Crippen LogP contribution is -2.25. The maximum atomic E-state index is 12.4. The van der Waals surface area contributed by atoms with Crippen molar-refractivity contribution in [3.05, 3.63) is 59.2 Å². The molecule has 0 aliphatic rings. The number of para-hydroxylation sites is 1. The van der Waals surface area contributed by atoms with Gasteiger partial charge in [-0.1, -0.05) is 45.9 Å². The first kappa shape index (κ1) is 20.8. The van der Waals surface area contributed by atoms with Gasteiger partial charge >= 0.3 is 0 Å². The normalized spacial score (nSPS) is 10.9. The zero-order valence-electron chi connectivity index (χ0n) is 17.0. The lowest BCUT2D eigenvalue weighted by atomic mass is 10.0. The van der Waals surface area contributed by atoms with Crippen LogP contribution in [-0.2, 0) is 6.61 Å². The van der Waals surface area contributed by atoms with Gasteiger partial charge in [0.2, 0.25) is 0 Å². The molecule has 0 saturated carbocycles. The van der Waals surface area contributed by atoms with Crippen molar-refractivity contribution in [2.45, 2.75) is 46.6 Å². The zero-order chi connectivity index (χ0) is 19.8. The number of hydrogen-bond acceptors (Lipinski definition) is 3. The van der Waals surface area contributed by atoms with Gasteiger partial charge in [-0.25, -0.2) is 0 Å². The fourth-order valence-electron chi connectivity index (χ4n) is 2.85. The summed E-state index contributed by atoms with van der Waals surface area (Å²) < 4.78 is 11.5. The maximum absolute atomic E-state index is 12.4. The number of benzene rings is 2. The van der Waals surface area contributed by atoms with Crippen LogP contribution in [0.25, 0.3) is 0 Å². The van der Waals surface area contributed by atoms with Crippen LogP contribution in [0.4, 0.5) is 0 Å². The highest BCUT2D eigenvalue weighted by Gasteiger charge is 2.12. The summed E-state index contributed by atoms with van der Waals surface area (Å²) in [6.45, 7) is 9.60. The number of amides is 1. The predicted octanol–water partition coefficient (Wildman–Crippen LogP) is 5.17. The van der Waals surface area contributed by atoms with Crippen LogP contribution in [-0.4, -0.2) is 19.6 Å². The minimum Gasteiger partial charge on any atom is -0.496 e. The Hall–Kier alpha value is -2.49. The summed E-state index contributed by atoms with van der Waals surface area (Å²) in [4.78, 5) is 12.4. The molecule has 2 rings (SSSR count). The van der Waals surface area contributed by atoms with Gasteiger partial charge in [0.1, 0.15) is 18.1 Å². The Kier molecular flexibility index (Phi) is 7.71. The standard InChI is InChI=1S/C23H31NO3/c1-16(2)12-13-24-23(25)18-10-11-21(26-5)19(14-18)15-27-22-9-7-6-8-20(22)17(3)4/h6-11,14,16-17H,12-13,15H2,1-5H3,(H,24,25). The molecule has 0 radical (unpaired) electrons. The Labute approximate surface area is 162 Å². The van der Waals surface area contributed by atoms with Crippen LogP contribution in [0.2, 0.25) is 0 Å². The van der Waals surface area contributed by atoms with Gasteiger partial charge in [0.05, 0.1) is 7.11 Å². The predicted molar refractivity (Wildman–Crippen MR) is 110 cm³/mol. The highest BCUT2D eigenvalue weighted by molar-refractivity contribution is 5.94. The van der Waals surface area contributed by atoms with Crippen LogP contribution in [0.3, 0.4) is 0 Å². The third kappa shape index (κ3) is 6.02. The molecule has 0 fully saturated rings. The molecule has 1 amide bonds. The first-order chi connectivity index (χ1) is 12.9. The second-order valence-electron chi connectivity index (χ2n) is 7.45. The third-order valence-electron chi connectivity index (χ3n) is 4.47. The van der Waals surface area contributed by atoms with E-state index in [1.165, 1.54) is 5.56 Å². The van der Waals surface area contributed by atoms with E-state index in [2.05, 4.69) is 39.1 Å². The minimum atomic E-state index is -0.0675. The van der Waals surface area contributed by atoms with Gasteiger partial charge < -0.3 is 14.8 Å². The van der Waals surface area contributed by atoms with Gasteiger partial charge in [-0.05, 0) is 48.1 Å². The van der Waals surface area contributed by atoms with Crippen molar-refractivity contribution in [3.8, 4) is 11.5 Å². The number of carbonyl (C=O) groups is 1. The lowest BCUT2D eigenvalue weighted by molar-refractivity contribution is 0.0952. The summed E-state index contributed by atoms with van der Waals surface area (Å²) in [5.41, 5.74) is 2.64. The molecule has 0 unspecified atom stereocenters. The van der Waals surface area contributed by atoms with Gasteiger partial charge in [0.15, 0.2) is 0 Å². The summed E-state index contributed by atoms with van der Waals surface area (Å²) in [6, 6.07) is 13.5. The second kappa shape index (κ2) is 10.0. The van der Waals surface area contributed by atoms with Crippen molar-refractivity contribution in [2.24, 2.45) is 5.92 Å². The SMILES string of the molecule is COc1ccc(C(=O)NCCC(C)C)cc1COc1ccccc1C(C)C. The van der Waals surface area contributed by atoms with Crippen LogP contribution in [0, 0.1) is 5.92 Å². The lowest BCUT2D eigenvalue weighted by Gasteiger charge is -2.16. The molecule has 4 nitrogen and oxygen atoms in total. The molecule has 146 valence electrons. The van der Waals surface area contributed by atoms with E-state index < -0.39 is 0 Å². The zero-order valence-corrected chi connectivity index (χ0v) is 17.0. The van der Waals surface area contributed by atoms with Crippen LogP contribution < -0.4 is 14.8 Å². The smallest absolute Gasteiger partial charge is 0.251 e.